The normalized spacial score (nSPS) is 20.5. The highest BCUT2D eigenvalue weighted by atomic mass is 16.6. The average Bonchev–Trinajstić information content (AvgIpc) is 3.40. The van der Waals surface area contributed by atoms with Gasteiger partial charge in [0.15, 0.2) is 5.78 Å². The van der Waals surface area contributed by atoms with Crippen LogP contribution >= 0.6 is 0 Å². The van der Waals surface area contributed by atoms with Crippen LogP contribution in [0.3, 0.4) is 0 Å². The van der Waals surface area contributed by atoms with Crippen LogP contribution in [0.25, 0.3) is 0 Å². The van der Waals surface area contributed by atoms with Gasteiger partial charge in [0, 0.05) is 0 Å². The summed E-state index contributed by atoms with van der Waals surface area (Å²) in [6.45, 7) is 18.7. The molecule has 1 saturated heterocycles. The van der Waals surface area contributed by atoms with Crippen LogP contribution in [0.2, 0.25) is 0 Å². The number of carbonyl (C=O) groups excluding carboxylic acids is 4. The molecule has 34 heavy (non-hydrogen) atoms. The maximum atomic E-state index is 13.2. The number of rotatable bonds is 12. The summed E-state index contributed by atoms with van der Waals surface area (Å²) in [6, 6.07) is -2.44. The Bertz CT molecular complexity index is 737. The van der Waals surface area contributed by atoms with Gasteiger partial charge in [-0.25, -0.2) is 4.79 Å². The number of nitrogens with one attached hydrogen (secondary N) is 3. The molecular weight excluding hydrogens is 438 g/mol. The highest BCUT2D eigenvalue weighted by Crippen LogP contribution is 2.29. The van der Waals surface area contributed by atoms with Gasteiger partial charge in [-0.2, -0.15) is 0 Å². The van der Waals surface area contributed by atoms with Crippen molar-refractivity contribution in [3.63, 3.8) is 0 Å². The number of carbonyl (C=O) groups is 4. The summed E-state index contributed by atoms with van der Waals surface area (Å²) in [5, 5.41) is 8.24. The van der Waals surface area contributed by atoms with Gasteiger partial charge >= 0.3 is 6.09 Å². The van der Waals surface area contributed by atoms with E-state index >= 15 is 0 Å². The molecule has 0 unspecified atom stereocenters. The zero-order valence-electron chi connectivity index (χ0n) is 22.5. The Morgan fingerprint density at radius 1 is 0.853 bits per heavy atom. The van der Waals surface area contributed by atoms with Gasteiger partial charge in [0.25, 0.3) is 0 Å². The molecule has 9 heteroatoms. The first-order chi connectivity index (χ1) is 15.4. The molecule has 196 valence electrons. The van der Waals surface area contributed by atoms with Crippen molar-refractivity contribution in [3.8, 4) is 0 Å². The fourth-order valence-electron chi connectivity index (χ4n) is 3.53. The summed E-state index contributed by atoms with van der Waals surface area (Å²) < 4.78 is 10.6. The number of ether oxygens (including phenoxy) is 2. The van der Waals surface area contributed by atoms with Crippen molar-refractivity contribution in [2.75, 3.05) is 6.61 Å². The third kappa shape index (κ3) is 9.99. The Hall–Kier alpha value is -2.16. The summed E-state index contributed by atoms with van der Waals surface area (Å²) in [6.07, 6.45) is 0.151. The topological polar surface area (TPSA) is 126 Å². The first-order valence-corrected chi connectivity index (χ1v) is 12.2. The van der Waals surface area contributed by atoms with E-state index in [1.165, 1.54) is 0 Å². The first-order valence-electron chi connectivity index (χ1n) is 12.2. The Morgan fingerprint density at radius 3 is 1.74 bits per heavy atom. The molecule has 0 aliphatic carbocycles. The number of epoxide rings is 1. The highest BCUT2D eigenvalue weighted by molar-refractivity contribution is 5.98. The predicted octanol–water partition coefficient (Wildman–Crippen LogP) is 2.96. The van der Waals surface area contributed by atoms with Crippen molar-refractivity contribution in [1.82, 2.24) is 16.0 Å². The minimum absolute atomic E-state index is 0.107. The largest absolute Gasteiger partial charge is 0.444 e. The number of Topliss-reactive ketones (excluding diaryl/α,β-unsaturated/α-hetero) is 1. The number of ketones is 1. The molecule has 1 aliphatic heterocycles. The lowest BCUT2D eigenvalue weighted by molar-refractivity contribution is -0.134. The molecule has 1 heterocycles. The van der Waals surface area contributed by atoms with E-state index in [1.807, 2.05) is 27.7 Å². The van der Waals surface area contributed by atoms with Crippen molar-refractivity contribution in [3.05, 3.63) is 0 Å². The van der Waals surface area contributed by atoms with E-state index in [4.69, 9.17) is 9.47 Å². The Kier molecular flexibility index (Phi) is 10.5. The summed E-state index contributed by atoms with van der Waals surface area (Å²) in [7, 11) is 0. The third-order valence-electron chi connectivity index (χ3n) is 5.40. The van der Waals surface area contributed by atoms with E-state index in [1.54, 1.807) is 41.5 Å². The van der Waals surface area contributed by atoms with Gasteiger partial charge < -0.3 is 25.4 Å². The van der Waals surface area contributed by atoms with Gasteiger partial charge in [-0.3, -0.25) is 14.4 Å². The lowest BCUT2D eigenvalue weighted by atomic mass is 9.92. The van der Waals surface area contributed by atoms with Crippen LogP contribution in [0.5, 0.6) is 0 Å². The first kappa shape index (κ1) is 29.9. The number of alkyl carbamates (subject to hydrolysis) is 1. The van der Waals surface area contributed by atoms with Gasteiger partial charge in [-0.1, -0.05) is 41.5 Å². The lowest BCUT2D eigenvalue weighted by Gasteiger charge is -2.29. The van der Waals surface area contributed by atoms with Gasteiger partial charge in [-0.05, 0) is 58.3 Å². The fourth-order valence-corrected chi connectivity index (χ4v) is 3.53. The second-order valence-corrected chi connectivity index (χ2v) is 11.6. The van der Waals surface area contributed by atoms with E-state index in [0.29, 0.717) is 19.4 Å². The van der Waals surface area contributed by atoms with Gasteiger partial charge in [0.1, 0.15) is 23.3 Å². The molecule has 4 atom stereocenters. The van der Waals surface area contributed by atoms with E-state index in [9.17, 15) is 19.2 Å². The molecule has 0 bridgehead atoms. The molecular formula is C25H45N3O6. The van der Waals surface area contributed by atoms with Crippen LogP contribution in [-0.2, 0) is 23.9 Å². The number of hydrogen-bond acceptors (Lipinski definition) is 6. The van der Waals surface area contributed by atoms with Gasteiger partial charge in [0.2, 0.25) is 11.8 Å². The van der Waals surface area contributed by atoms with Crippen molar-refractivity contribution in [2.24, 2.45) is 17.8 Å². The van der Waals surface area contributed by atoms with E-state index in [2.05, 4.69) is 16.0 Å². The van der Waals surface area contributed by atoms with Crippen LogP contribution in [-0.4, -0.2) is 59.6 Å². The van der Waals surface area contributed by atoms with Gasteiger partial charge in [-0.15, -0.1) is 0 Å². The standard InChI is InChI=1S/C25H45N3O6/c1-14(2)11-17(20(29)25(10)13-33-25)26-21(30)18(12-15(3)4)27-22(31)19(16(5)6)28-23(32)34-24(7,8)9/h14-19H,11-13H2,1-10H3,(H,26,30)(H,27,31)(H,28,32)/t17-,18-,19-,25+/m0/s1. The number of amides is 3. The average molecular weight is 484 g/mol. The van der Waals surface area contributed by atoms with Gasteiger partial charge in [0.05, 0.1) is 12.6 Å². The smallest absolute Gasteiger partial charge is 0.408 e. The predicted molar refractivity (Wildman–Crippen MR) is 130 cm³/mol. The second kappa shape index (κ2) is 12.0. The Balaban J connectivity index is 2.98. The molecule has 1 aliphatic rings. The highest BCUT2D eigenvalue weighted by Gasteiger charge is 2.50. The molecule has 1 rings (SSSR count). The number of hydrogen-bond donors (Lipinski definition) is 3. The van der Waals surface area contributed by atoms with Crippen molar-refractivity contribution in [1.29, 1.82) is 0 Å². The van der Waals surface area contributed by atoms with Crippen LogP contribution in [0, 0.1) is 17.8 Å². The van der Waals surface area contributed by atoms with Crippen LogP contribution in [0.15, 0.2) is 0 Å². The van der Waals surface area contributed by atoms with Crippen molar-refractivity contribution >= 4 is 23.7 Å². The molecule has 9 nitrogen and oxygen atoms in total. The second-order valence-electron chi connectivity index (χ2n) is 11.6. The third-order valence-corrected chi connectivity index (χ3v) is 5.40. The van der Waals surface area contributed by atoms with E-state index < -0.39 is 47.2 Å². The monoisotopic (exact) mass is 483 g/mol. The Morgan fingerprint density at radius 2 is 1.32 bits per heavy atom. The van der Waals surface area contributed by atoms with E-state index in [0.717, 1.165) is 0 Å². The Labute approximate surface area is 204 Å². The molecule has 0 radical (unpaired) electrons. The zero-order chi connectivity index (χ0) is 26.4. The molecule has 1 fully saturated rings. The molecule has 0 aromatic rings. The summed E-state index contributed by atoms with van der Waals surface area (Å²) in [5.74, 6) is -1.02. The molecule has 3 N–H and O–H groups in total. The zero-order valence-corrected chi connectivity index (χ0v) is 22.5. The fraction of sp³-hybridized carbons (Fsp3) is 0.840. The lowest BCUT2D eigenvalue weighted by Crippen LogP contribution is -2.58. The molecule has 0 aromatic carbocycles. The van der Waals surface area contributed by atoms with Crippen molar-refractivity contribution < 1.29 is 28.7 Å². The van der Waals surface area contributed by atoms with Crippen molar-refractivity contribution in [2.45, 2.75) is 111 Å². The SMILES string of the molecule is CC(C)C[C@H](NC(=O)[C@@H](NC(=O)OC(C)(C)C)C(C)C)C(=O)N[C@@H](CC(C)C)C(=O)[C@@]1(C)CO1. The summed E-state index contributed by atoms with van der Waals surface area (Å²) >= 11 is 0. The summed E-state index contributed by atoms with van der Waals surface area (Å²) in [5.41, 5.74) is -1.56. The quantitative estimate of drug-likeness (QED) is 0.366. The van der Waals surface area contributed by atoms with Crippen LogP contribution < -0.4 is 16.0 Å². The van der Waals surface area contributed by atoms with Crippen LogP contribution in [0.1, 0.15) is 82.1 Å². The van der Waals surface area contributed by atoms with Crippen LogP contribution in [0.4, 0.5) is 4.79 Å². The molecule has 0 saturated carbocycles. The minimum atomic E-state index is -0.885. The maximum absolute atomic E-state index is 13.2. The van der Waals surface area contributed by atoms with E-state index in [-0.39, 0.29) is 23.5 Å². The maximum Gasteiger partial charge on any atom is 0.408 e. The molecule has 0 aromatic heterocycles. The summed E-state index contributed by atoms with van der Waals surface area (Å²) in [4.78, 5) is 51.5. The molecule has 3 amide bonds. The minimum Gasteiger partial charge on any atom is -0.444 e. The molecule has 0 spiro atoms.